The van der Waals surface area contributed by atoms with Gasteiger partial charge in [-0.2, -0.15) is 0 Å². The van der Waals surface area contributed by atoms with Crippen LogP contribution in [0.3, 0.4) is 0 Å². The molecule has 0 aliphatic heterocycles. The van der Waals surface area contributed by atoms with Gasteiger partial charge in [-0.05, 0) is 0 Å². The molecule has 0 aromatic heterocycles. The molecule has 126 valence electrons. The predicted molar refractivity (Wildman–Crippen MR) is 96.3 cm³/mol. The molecular formula is C16H19IO5S. The van der Waals surface area contributed by atoms with E-state index in [1.165, 1.54) is 12.1 Å². The van der Waals surface area contributed by atoms with Crippen molar-refractivity contribution in [3.8, 4) is 0 Å². The number of hydrogen-bond acceptors (Lipinski definition) is 5. The molecule has 23 heavy (non-hydrogen) atoms. The van der Waals surface area contributed by atoms with Gasteiger partial charge in [0.1, 0.15) is 0 Å². The molecule has 0 aliphatic carbocycles. The number of aryl methyl sites for hydroxylation is 1. The fraction of sp³-hybridized carbons (Fsp3) is 0.250. The second kappa shape index (κ2) is 7.71. The van der Waals surface area contributed by atoms with E-state index in [1.807, 2.05) is 19.9 Å². The third-order valence-electron chi connectivity index (χ3n) is 3.32. The molecule has 0 fully saturated rings. The summed E-state index contributed by atoms with van der Waals surface area (Å²) in [4.78, 5) is 0.0386. The van der Waals surface area contributed by atoms with E-state index >= 15 is 0 Å². The van der Waals surface area contributed by atoms with E-state index in [9.17, 15) is 11.9 Å². The molecule has 2 aromatic rings. The van der Waals surface area contributed by atoms with Crippen LogP contribution < -0.4 is 0 Å². The van der Waals surface area contributed by atoms with Crippen LogP contribution in [0.25, 0.3) is 0 Å². The van der Waals surface area contributed by atoms with Gasteiger partial charge in [0.2, 0.25) is 0 Å². The third kappa shape index (κ3) is 4.51. The van der Waals surface area contributed by atoms with Crippen LogP contribution in [0.1, 0.15) is 24.2 Å². The van der Waals surface area contributed by atoms with Crippen LogP contribution in [0.4, 0.5) is 0 Å². The van der Waals surface area contributed by atoms with Gasteiger partial charge in [0.05, 0.1) is 0 Å². The Kier molecular flexibility index (Phi) is 6.15. The van der Waals surface area contributed by atoms with Crippen molar-refractivity contribution in [2.24, 2.45) is 0 Å². The normalized spacial score (nSPS) is 13.7. The molecule has 1 N–H and O–H groups in total. The van der Waals surface area contributed by atoms with E-state index in [0.717, 1.165) is 11.1 Å². The summed E-state index contributed by atoms with van der Waals surface area (Å²) in [6.07, 6.45) is -0.260. The third-order valence-corrected chi connectivity index (χ3v) is 8.88. The summed E-state index contributed by atoms with van der Waals surface area (Å²) >= 11 is -3.34. The van der Waals surface area contributed by atoms with Crippen LogP contribution in [-0.2, 0) is 17.4 Å². The molecule has 0 radical (unpaired) electrons. The number of halogens is 1. The first-order valence-corrected chi connectivity index (χ1v) is 11.2. The molecule has 0 saturated carbocycles. The van der Waals surface area contributed by atoms with Crippen molar-refractivity contribution in [3.63, 3.8) is 0 Å². The summed E-state index contributed by atoms with van der Waals surface area (Å²) in [5, 5.41) is 0. The van der Waals surface area contributed by atoms with Crippen molar-refractivity contribution < 1.29 is 19.1 Å². The van der Waals surface area contributed by atoms with Crippen molar-refractivity contribution in [2.45, 2.75) is 24.8 Å². The summed E-state index contributed by atoms with van der Waals surface area (Å²) in [5.41, 5.74) is 1.68. The molecular weight excluding hydrogens is 431 g/mol. The van der Waals surface area contributed by atoms with Crippen LogP contribution in [0.5, 0.6) is 0 Å². The summed E-state index contributed by atoms with van der Waals surface area (Å²) in [6, 6.07) is 13.3. The minimum absolute atomic E-state index is 0.0386. The Morgan fingerprint density at radius 2 is 1.70 bits per heavy atom. The van der Waals surface area contributed by atoms with Crippen molar-refractivity contribution in [1.82, 2.24) is 0 Å². The van der Waals surface area contributed by atoms with Gasteiger partial charge in [0, 0.05) is 0 Å². The van der Waals surface area contributed by atoms with Crippen LogP contribution in [0.2, 0.25) is 0 Å². The molecule has 0 saturated heterocycles. The molecule has 5 nitrogen and oxygen atoms in total. The fourth-order valence-corrected chi connectivity index (χ4v) is 6.92. The Morgan fingerprint density at radius 3 is 2.30 bits per heavy atom. The van der Waals surface area contributed by atoms with Crippen LogP contribution in [0, 0.1) is 10.5 Å². The van der Waals surface area contributed by atoms with Crippen LogP contribution >= 0.6 is 20.6 Å². The molecule has 0 bridgehead atoms. The molecule has 1 atom stereocenters. The zero-order chi connectivity index (χ0) is 17.0. The molecule has 7 heteroatoms. The standard InChI is InChI=1S/C16H19IO5S/c1-12-8-10-14(11-9-12)23(19,20)22-17(18)16-7-5-4-6-15(16)13(2)21-3/h4-11,13,18H,1-3H3/t13-/m0/s1. The Balaban J connectivity index is 2.28. The summed E-state index contributed by atoms with van der Waals surface area (Å²) in [6.45, 7) is 3.70. The second-order valence-corrected chi connectivity index (χ2v) is 10.0. The minimum atomic E-state index is -3.99. The van der Waals surface area contributed by atoms with Crippen molar-refractivity contribution >= 4 is 30.8 Å². The van der Waals surface area contributed by atoms with Gasteiger partial charge in [-0.3, -0.25) is 0 Å². The van der Waals surface area contributed by atoms with Gasteiger partial charge in [-0.15, -0.1) is 0 Å². The molecule has 2 rings (SSSR count). The van der Waals surface area contributed by atoms with Crippen LogP contribution in [-0.4, -0.2) is 19.0 Å². The molecule has 0 aliphatic rings. The van der Waals surface area contributed by atoms with E-state index in [0.29, 0.717) is 3.57 Å². The Morgan fingerprint density at radius 1 is 1.09 bits per heavy atom. The summed E-state index contributed by atoms with van der Waals surface area (Å²) in [5.74, 6) is 0. The molecule has 0 spiro atoms. The number of benzene rings is 2. The topological polar surface area (TPSA) is 72.8 Å². The molecule has 0 unspecified atom stereocenters. The number of hydrogen-bond donors (Lipinski definition) is 1. The zero-order valence-corrected chi connectivity index (χ0v) is 16.0. The van der Waals surface area contributed by atoms with Gasteiger partial charge < -0.3 is 0 Å². The van der Waals surface area contributed by atoms with Crippen molar-refractivity contribution in [2.75, 3.05) is 7.11 Å². The SMILES string of the molecule is CO[C@@H](C)c1ccccc1I(O)OS(=O)(=O)c1ccc(C)cc1. The number of methoxy groups -OCH3 is 1. The van der Waals surface area contributed by atoms with Crippen LogP contribution in [0.15, 0.2) is 53.4 Å². The first-order valence-electron chi connectivity index (χ1n) is 6.88. The predicted octanol–water partition coefficient (Wildman–Crippen LogP) is 3.61. The number of rotatable bonds is 6. The van der Waals surface area contributed by atoms with Gasteiger partial charge in [-0.25, -0.2) is 0 Å². The van der Waals surface area contributed by atoms with Crippen molar-refractivity contribution in [3.05, 3.63) is 63.2 Å². The first kappa shape index (κ1) is 18.3. The first-order chi connectivity index (χ1) is 10.8. The Labute approximate surface area is 144 Å². The van der Waals surface area contributed by atoms with Crippen molar-refractivity contribution in [1.29, 1.82) is 0 Å². The van der Waals surface area contributed by atoms with Gasteiger partial charge in [-0.1, -0.05) is 0 Å². The molecule has 0 heterocycles. The number of ether oxygens (including phenoxy) is 1. The van der Waals surface area contributed by atoms with E-state index in [-0.39, 0.29) is 11.0 Å². The van der Waals surface area contributed by atoms with Gasteiger partial charge in [0.15, 0.2) is 0 Å². The zero-order valence-electron chi connectivity index (χ0n) is 13.1. The van der Waals surface area contributed by atoms with E-state index in [2.05, 4.69) is 0 Å². The van der Waals surface area contributed by atoms with E-state index in [1.54, 1.807) is 37.4 Å². The Hall–Kier alpha value is -1.00. The summed E-state index contributed by atoms with van der Waals surface area (Å²) in [7, 11) is -2.44. The Bertz CT molecular complexity index is 758. The molecule has 0 amide bonds. The average molecular weight is 450 g/mol. The van der Waals surface area contributed by atoms with E-state index < -0.39 is 30.8 Å². The average Bonchev–Trinajstić information content (AvgIpc) is 2.54. The maximum atomic E-state index is 12.3. The van der Waals surface area contributed by atoms with E-state index in [4.69, 9.17) is 7.25 Å². The monoisotopic (exact) mass is 450 g/mol. The van der Waals surface area contributed by atoms with Gasteiger partial charge in [0.25, 0.3) is 0 Å². The van der Waals surface area contributed by atoms with Gasteiger partial charge >= 0.3 is 145 Å². The maximum absolute atomic E-state index is 12.3. The quantitative estimate of drug-likeness (QED) is 0.681. The fourth-order valence-electron chi connectivity index (χ4n) is 1.93. The molecule has 2 aromatic carbocycles. The second-order valence-electron chi connectivity index (χ2n) is 4.96. The summed E-state index contributed by atoms with van der Waals surface area (Å²) < 4.78 is 45.9.